The van der Waals surface area contributed by atoms with Gasteiger partial charge in [0.1, 0.15) is 5.75 Å². The number of rotatable bonds is 9. The van der Waals surface area contributed by atoms with E-state index in [9.17, 15) is 15.0 Å². The first-order valence-electron chi connectivity index (χ1n) is 8.33. The van der Waals surface area contributed by atoms with E-state index in [1.54, 1.807) is 54.6 Å². The molecule has 2 aromatic carbocycles. The van der Waals surface area contributed by atoms with Crippen LogP contribution >= 0.6 is 0 Å². The number of hydrogen-bond acceptors (Lipinski definition) is 3. The molecule has 0 aliphatic rings. The molecule has 0 aromatic heterocycles. The molecule has 5 heteroatoms. The SMILES string of the molecule is CCCCCCOc1ccc(C(O)(C(=O)O)c2ccccc2)cc1.[K+]. The summed E-state index contributed by atoms with van der Waals surface area (Å²) >= 11 is 0. The van der Waals surface area contributed by atoms with E-state index in [1.807, 2.05) is 0 Å². The Morgan fingerprint density at radius 2 is 1.56 bits per heavy atom. The number of carbonyl (C=O) groups is 1. The van der Waals surface area contributed by atoms with Crippen molar-refractivity contribution in [1.29, 1.82) is 0 Å². The maximum Gasteiger partial charge on any atom is 1.00 e. The van der Waals surface area contributed by atoms with Crippen LogP contribution in [0.5, 0.6) is 5.75 Å². The molecular formula is C20H24KO4+. The zero-order valence-corrected chi connectivity index (χ0v) is 18.1. The Hall–Kier alpha value is -0.694. The molecule has 0 fully saturated rings. The van der Waals surface area contributed by atoms with E-state index in [2.05, 4.69) is 6.92 Å². The van der Waals surface area contributed by atoms with Crippen molar-refractivity contribution in [2.75, 3.05) is 6.61 Å². The summed E-state index contributed by atoms with van der Waals surface area (Å²) in [5, 5.41) is 20.3. The zero-order valence-electron chi connectivity index (χ0n) is 14.9. The third-order valence-electron chi connectivity index (χ3n) is 4.04. The van der Waals surface area contributed by atoms with Crippen LogP contribution in [0.15, 0.2) is 54.6 Å². The van der Waals surface area contributed by atoms with Crippen molar-refractivity contribution in [3.8, 4) is 5.75 Å². The predicted octanol–water partition coefficient (Wildman–Crippen LogP) is 0.970. The van der Waals surface area contributed by atoms with E-state index in [0.717, 1.165) is 12.8 Å². The molecule has 0 spiro atoms. The van der Waals surface area contributed by atoms with Gasteiger partial charge in [0.2, 0.25) is 5.60 Å². The Balaban J connectivity index is 0.00000312. The van der Waals surface area contributed by atoms with Gasteiger partial charge in [0.05, 0.1) is 6.61 Å². The van der Waals surface area contributed by atoms with Crippen LogP contribution < -0.4 is 56.1 Å². The minimum Gasteiger partial charge on any atom is -0.494 e. The van der Waals surface area contributed by atoms with Gasteiger partial charge in [0.25, 0.3) is 0 Å². The van der Waals surface area contributed by atoms with Crippen LogP contribution in [0.1, 0.15) is 43.7 Å². The van der Waals surface area contributed by atoms with Crippen molar-refractivity contribution in [2.45, 2.75) is 38.2 Å². The summed E-state index contributed by atoms with van der Waals surface area (Å²) in [6.45, 7) is 2.80. The molecule has 0 radical (unpaired) electrons. The van der Waals surface area contributed by atoms with Crippen LogP contribution in [0.2, 0.25) is 0 Å². The average molecular weight is 368 g/mol. The maximum atomic E-state index is 11.7. The Bertz CT molecular complexity index is 643. The third kappa shape index (κ3) is 5.91. The van der Waals surface area contributed by atoms with Gasteiger partial charge in [-0.25, -0.2) is 4.79 Å². The van der Waals surface area contributed by atoms with Crippen molar-refractivity contribution in [3.05, 3.63) is 65.7 Å². The molecule has 0 bridgehead atoms. The van der Waals surface area contributed by atoms with E-state index >= 15 is 0 Å². The number of ether oxygens (including phenoxy) is 1. The topological polar surface area (TPSA) is 66.8 Å². The second-order valence-corrected chi connectivity index (χ2v) is 5.82. The quantitative estimate of drug-likeness (QED) is 0.512. The van der Waals surface area contributed by atoms with E-state index in [1.165, 1.54) is 12.8 Å². The average Bonchev–Trinajstić information content (AvgIpc) is 2.62. The van der Waals surface area contributed by atoms with E-state index in [-0.39, 0.29) is 51.4 Å². The van der Waals surface area contributed by atoms with Crippen LogP contribution in [-0.2, 0) is 10.4 Å². The molecule has 2 N–H and O–H groups in total. The van der Waals surface area contributed by atoms with Crippen molar-refractivity contribution in [1.82, 2.24) is 0 Å². The molecule has 1 unspecified atom stereocenters. The van der Waals surface area contributed by atoms with Crippen molar-refractivity contribution in [2.24, 2.45) is 0 Å². The Kier molecular flexibility index (Phi) is 9.93. The third-order valence-corrected chi connectivity index (χ3v) is 4.04. The Labute approximate surface area is 191 Å². The van der Waals surface area contributed by atoms with Crippen LogP contribution in [-0.4, -0.2) is 22.8 Å². The summed E-state index contributed by atoms with van der Waals surface area (Å²) in [4.78, 5) is 11.7. The molecule has 25 heavy (non-hydrogen) atoms. The van der Waals surface area contributed by atoms with Crippen molar-refractivity contribution < 1.29 is 71.1 Å². The minimum absolute atomic E-state index is 0. The molecule has 1 atom stereocenters. The molecular weight excluding hydrogens is 343 g/mol. The monoisotopic (exact) mass is 367 g/mol. The molecule has 0 heterocycles. The summed E-state index contributed by atoms with van der Waals surface area (Å²) < 4.78 is 5.66. The van der Waals surface area contributed by atoms with Crippen molar-refractivity contribution >= 4 is 5.97 Å². The first-order chi connectivity index (χ1) is 11.6. The van der Waals surface area contributed by atoms with Crippen LogP contribution in [0.4, 0.5) is 0 Å². The molecule has 4 nitrogen and oxygen atoms in total. The largest absolute Gasteiger partial charge is 1.00 e. The summed E-state index contributed by atoms with van der Waals surface area (Å²) in [7, 11) is 0. The molecule has 128 valence electrons. The summed E-state index contributed by atoms with van der Waals surface area (Å²) in [6.07, 6.45) is 4.52. The van der Waals surface area contributed by atoms with E-state index in [4.69, 9.17) is 4.74 Å². The van der Waals surface area contributed by atoms with Gasteiger partial charge in [-0.1, -0.05) is 68.7 Å². The van der Waals surface area contributed by atoms with E-state index < -0.39 is 11.6 Å². The Morgan fingerprint density at radius 3 is 2.12 bits per heavy atom. The molecule has 2 rings (SSSR count). The van der Waals surface area contributed by atoms with Gasteiger partial charge in [-0.15, -0.1) is 0 Å². The fourth-order valence-corrected chi connectivity index (χ4v) is 2.60. The normalized spacial score (nSPS) is 12.7. The number of hydrogen-bond donors (Lipinski definition) is 2. The molecule has 2 aromatic rings. The number of carboxylic acid groups (broad SMARTS) is 1. The van der Waals surface area contributed by atoms with Gasteiger partial charge in [0.15, 0.2) is 0 Å². The van der Waals surface area contributed by atoms with Gasteiger partial charge < -0.3 is 14.9 Å². The van der Waals surface area contributed by atoms with Crippen LogP contribution in [0.3, 0.4) is 0 Å². The smallest absolute Gasteiger partial charge is 0.494 e. The number of unbranched alkanes of at least 4 members (excludes halogenated alkanes) is 3. The van der Waals surface area contributed by atoms with Gasteiger partial charge in [0, 0.05) is 0 Å². The second-order valence-electron chi connectivity index (χ2n) is 5.82. The van der Waals surface area contributed by atoms with Crippen molar-refractivity contribution in [3.63, 3.8) is 0 Å². The van der Waals surface area contributed by atoms with Gasteiger partial charge in [-0.2, -0.15) is 0 Å². The minimum atomic E-state index is -2.07. The second kappa shape index (κ2) is 11.1. The van der Waals surface area contributed by atoms with Gasteiger partial charge in [-0.05, 0) is 29.7 Å². The number of carboxylic acids is 1. The fraction of sp³-hybridized carbons (Fsp3) is 0.350. The van der Waals surface area contributed by atoms with Gasteiger partial charge >= 0.3 is 57.4 Å². The summed E-state index contributed by atoms with van der Waals surface area (Å²) in [6, 6.07) is 15.0. The molecule has 0 aliphatic carbocycles. The Morgan fingerprint density at radius 1 is 0.960 bits per heavy atom. The van der Waals surface area contributed by atoms with E-state index in [0.29, 0.717) is 23.5 Å². The molecule has 0 aliphatic heterocycles. The summed E-state index contributed by atoms with van der Waals surface area (Å²) in [5.74, 6) is -0.627. The number of benzene rings is 2. The number of aliphatic carboxylic acids is 1. The zero-order chi connectivity index (χ0) is 17.4. The van der Waals surface area contributed by atoms with Crippen LogP contribution in [0, 0.1) is 0 Å². The molecule has 0 saturated carbocycles. The maximum absolute atomic E-state index is 11.7. The van der Waals surface area contributed by atoms with Gasteiger partial charge in [-0.3, -0.25) is 0 Å². The molecule has 0 amide bonds. The summed E-state index contributed by atoms with van der Waals surface area (Å²) in [5.41, 5.74) is -1.44. The van der Waals surface area contributed by atoms with Crippen LogP contribution in [0.25, 0.3) is 0 Å². The number of aliphatic hydroxyl groups is 1. The first-order valence-corrected chi connectivity index (χ1v) is 8.33. The first kappa shape index (κ1) is 22.3. The molecule has 0 saturated heterocycles. The standard InChI is InChI=1S/C20H24O4.K/c1-2-3-4-8-15-24-18-13-11-17(12-14-18)20(23,19(21)22)16-9-6-5-7-10-16;/h5-7,9-14,23H,2-4,8,15H2,1H3,(H,21,22);/q;+1. The predicted molar refractivity (Wildman–Crippen MR) is 93.2 cm³/mol. The fourth-order valence-electron chi connectivity index (χ4n) is 2.60.